The van der Waals surface area contributed by atoms with Crippen LogP contribution in [0.25, 0.3) is 11.0 Å². The number of ether oxygens (including phenoxy) is 1. The number of piperidine rings is 1. The molecular formula is C18H25N5O3. The lowest BCUT2D eigenvalue weighted by molar-refractivity contribution is 0.0189. The van der Waals surface area contributed by atoms with E-state index < -0.39 is 5.60 Å². The molecule has 1 saturated heterocycles. The lowest BCUT2D eigenvalue weighted by Gasteiger charge is -2.34. The zero-order valence-corrected chi connectivity index (χ0v) is 15.7. The van der Waals surface area contributed by atoms with Gasteiger partial charge in [-0.25, -0.2) is 9.78 Å². The van der Waals surface area contributed by atoms with Crippen LogP contribution in [0.4, 0.5) is 10.7 Å². The molecule has 0 aromatic carbocycles. The number of hydrogen-bond donors (Lipinski definition) is 1. The molecule has 0 atom stereocenters. The average Bonchev–Trinajstić information content (AvgIpc) is 2.53. The number of nitrogens with zero attached hydrogens (tertiary/aromatic N) is 4. The van der Waals surface area contributed by atoms with Crippen LogP contribution in [-0.2, 0) is 4.74 Å². The standard InChI is InChI=1S/C18H25N5O3/c1-11-13-5-6-14(24)23(15(13)21-16(19)20-11)12-7-9-22(10-8-12)17(25)26-18(2,3)4/h5-6,12H,7-10H2,1-4H3,(H2,19,20,21). The summed E-state index contributed by atoms with van der Waals surface area (Å²) in [6.07, 6.45) is 0.992. The topological polar surface area (TPSA) is 103 Å². The van der Waals surface area contributed by atoms with Crippen molar-refractivity contribution in [3.8, 4) is 0 Å². The third-order valence-electron chi connectivity index (χ3n) is 4.47. The molecule has 26 heavy (non-hydrogen) atoms. The molecule has 1 fully saturated rings. The van der Waals surface area contributed by atoms with Crippen molar-refractivity contribution < 1.29 is 9.53 Å². The zero-order valence-electron chi connectivity index (χ0n) is 15.7. The van der Waals surface area contributed by atoms with E-state index in [1.165, 1.54) is 6.07 Å². The number of carbonyl (C=O) groups excluding carboxylic acids is 1. The maximum Gasteiger partial charge on any atom is 0.410 e. The fourth-order valence-corrected chi connectivity index (χ4v) is 3.29. The molecule has 1 aliphatic heterocycles. The average molecular weight is 359 g/mol. The molecule has 2 aromatic heterocycles. The van der Waals surface area contributed by atoms with Crippen molar-refractivity contribution in [2.24, 2.45) is 0 Å². The normalized spacial score (nSPS) is 16.1. The van der Waals surface area contributed by atoms with Gasteiger partial charge >= 0.3 is 6.09 Å². The van der Waals surface area contributed by atoms with Crippen LogP contribution in [0.1, 0.15) is 45.3 Å². The van der Waals surface area contributed by atoms with Crippen molar-refractivity contribution in [1.82, 2.24) is 19.4 Å². The molecule has 8 nitrogen and oxygen atoms in total. The minimum atomic E-state index is -0.521. The van der Waals surface area contributed by atoms with Gasteiger partial charge in [-0.05, 0) is 46.6 Å². The number of carbonyl (C=O) groups is 1. The van der Waals surface area contributed by atoms with Crippen molar-refractivity contribution >= 4 is 23.1 Å². The first-order valence-corrected chi connectivity index (χ1v) is 8.79. The van der Waals surface area contributed by atoms with Crippen LogP contribution in [-0.4, -0.2) is 44.2 Å². The van der Waals surface area contributed by atoms with Crippen molar-refractivity contribution in [2.45, 2.75) is 52.2 Å². The molecule has 2 aromatic rings. The van der Waals surface area contributed by atoms with Crippen LogP contribution in [0, 0.1) is 6.92 Å². The fraction of sp³-hybridized carbons (Fsp3) is 0.556. The lowest BCUT2D eigenvalue weighted by Crippen LogP contribution is -2.43. The number of nitrogen functional groups attached to an aromatic ring is 1. The van der Waals surface area contributed by atoms with E-state index in [2.05, 4.69) is 9.97 Å². The van der Waals surface area contributed by atoms with Crippen molar-refractivity contribution in [2.75, 3.05) is 18.8 Å². The first-order chi connectivity index (χ1) is 12.2. The molecule has 0 unspecified atom stereocenters. The monoisotopic (exact) mass is 359 g/mol. The number of nitrogens with two attached hydrogens (primary N) is 1. The van der Waals surface area contributed by atoms with E-state index in [0.29, 0.717) is 31.6 Å². The Hall–Kier alpha value is -2.64. The van der Waals surface area contributed by atoms with Gasteiger partial charge in [-0.1, -0.05) is 0 Å². The minimum absolute atomic E-state index is 0.0430. The Balaban J connectivity index is 1.85. The summed E-state index contributed by atoms with van der Waals surface area (Å²) in [5.41, 5.74) is 6.44. The number of fused-ring (bicyclic) bond motifs is 1. The van der Waals surface area contributed by atoms with Crippen LogP contribution in [0.3, 0.4) is 0 Å². The summed E-state index contributed by atoms with van der Waals surface area (Å²) in [7, 11) is 0. The number of amides is 1. The van der Waals surface area contributed by atoms with Gasteiger partial charge < -0.3 is 15.4 Å². The maximum atomic E-state index is 12.5. The summed E-state index contributed by atoms with van der Waals surface area (Å²) in [5.74, 6) is 0.153. The Morgan fingerprint density at radius 1 is 1.23 bits per heavy atom. The Labute approximate surface area is 152 Å². The lowest BCUT2D eigenvalue weighted by atomic mass is 10.0. The number of aromatic nitrogens is 3. The number of likely N-dealkylation sites (tertiary alicyclic amines) is 1. The molecule has 0 saturated carbocycles. The Kier molecular flexibility index (Phi) is 4.60. The SMILES string of the molecule is Cc1nc(N)nc2c1ccc(=O)n2C1CCN(C(=O)OC(C)(C)C)CC1. The minimum Gasteiger partial charge on any atom is -0.444 e. The molecule has 0 radical (unpaired) electrons. The van der Waals surface area contributed by atoms with E-state index >= 15 is 0 Å². The molecule has 1 amide bonds. The molecule has 3 heterocycles. The van der Waals surface area contributed by atoms with Gasteiger partial charge in [0.2, 0.25) is 5.95 Å². The first kappa shape index (κ1) is 18.2. The number of pyridine rings is 1. The van der Waals surface area contributed by atoms with Gasteiger partial charge in [0, 0.05) is 30.6 Å². The van der Waals surface area contributed by atoms with E-state index in [-0.39, 0.29) is 23.6 Å². The van der Waals surface area contributed by atoms with Gasteiger partial charge in [0.25, 0.3) is 5.56 Å². The van der Waals surface area contributed by atoms with E-state index in [1.54, 1.807) is 15.5 Å². The second-order valence-corrected chi connectivity index (χ2v) is 7.64. The molecule has 0 aliphatic carbocycles. The van der Waals surface area contributed by atoms with Gasteiger partial charge in [-0.3, -0.25) is 9.36 Å². The molecule has 1 aliphatic rings. The second kappa shape index (κ2) is 6.59. The molecular weight excluding hydrogens is 334 g/mol. The highest BCUT2D eigenvalue weighted by Crippen LogP contribution is 2.26. The van der Waals surface area contributed by atoms with Crippen molar-refractivity contribution in [3.63, 3.8) is 0 Å². The van der Waals surface area contributed by atoms with E-state index in [0.717, 1.165) is 11.1 Å². The number of anilines is 1. The van der Waals surface area contributed by atoms with E-state index in [1.807, 2.05) is 27.7 Å². The summed E-state index contributed by atoms with van der Waals surface area (Å²) in [6.45, 7) is 8.45. The quantitative estimate of drug-likeness (QED) is 0.837. The first-order valence-electron chi connectivity index (χ1n) is 8.79. The van der Waals surface area contributed by atoms with Crippen LogP contribution < -0.4 is 11.3 Å². The zero-order chi connectivity index (χ0) is 19.1. The summed E-state index contributed by atoms with van der Waals surface area (Å²) in [6, 6.07) is 3.23. The van der Waals surface area contributed by atoms with Gasteiger partial charge in [0.1, 0.15) is 11.2 Å². The summed E-state index contributed by atoms with van der Waals surface area (Å²) in [5, 5.41) is 0.813. The number of aryl methyl sites for hydroxylation is 1. The number of hydrogen-bond acceptors (Lipinski definition) is 6. The molecule has 3 rings (SSSR count). The largest absolute Gasteiger partial charge is 0.444 e. The fourth-order valence-electron chi connectivity index (χ4n) is 3.29. The van der Waals surface area contributed by atoms with Crippen LogP contribution >= 0.6 is 0 Å². The third kappa shape index (κ3) is 3.63. The van der Waals surface area contributed by atoms with Gasteiger partial charge in [0.15, 0.2) is 0 Å². The number of rotatable bonds is 1. The van der Waals surface area contributed by atoms with Crippen LogP contribution in [0.2, 0.25) is 0 Å². The molecule has 0 spiro atoms. The van der Waals surface area contributed by atoms with Crippen LogP contribution in [0.5, 0.6) is 0 Å². The van der Waals surface area contributed by atoms with Crippen LogP contribution in [0.15, 0.2) is 16.9 Å². The predicted octanol–water partition coefficient (Wildman–Crippen LogP) is 2.25. The molecule has 2 N–H and O–H groups in total. The van der Waals surface area contributed by atoms with E-state index in [4.69, 9.17) is 10.5 Å². The summed E-state index contributed by atoms with van der Waals surface area (Å²) in [4.78, 5) is 34.9. The highest BCUT2D eigenvalue weighted by molar-refractivity contribution is 5.78. The molecule has 140 valence electrons. The Morgan fingerprint density at radius 3 is 2.50 bits per heavy atom. The Morgan fingerprint density at radius 2 is 1.88 bits per heavy atom. The van der Waals surface area contributed by atoms with Crippen molar-refractivity contribution in [3.05, 3.63) is 28.2 Å². The molecule has 8 heteroatoms. The summed E-state index contributed by atoms with van der Waals surface area (Å²) < 4.78 is 7.11. The maximum absolute atomic E-state index is 12.5. The third-order valence-corrected chi connectivity index (χ3v) is 4.47. The summed E-state index contributed by atoms with van der Waals surface area (Å²) >= 11 is 0. The highest BCUT2D eigenvalue weighted by Gasteiger charge is 2.28. The van der Waals surface area contributed by atoms with Gasteiger partial charge in [-0.15, -0.1) is 0 Å². The van der Waals surface area contributed by atoms with Gasteiger partial charge in [0.05, 0.1) is 5.69 Å². The predicted molar refractivity (Wildman–Crippen MR) is 99.0 cm³/mol. The Bertz CT molecular complexity index is 892. The smallest absolute Gasteiger partial charge is 0.410 e. The van der Waals surface area contributed by atoms with E-state index in [9.17, 15) is 9.59 Å². The second-order valence-electron chi connectivity index (χ2n) is 7.64. The van der Waals surface area contributed by atoms with Gasteiger partial charge in [-0.2, -0.15) is 4.98 Å². The highest BCUT2D eigenvalue weighted by atomic mass is 16.6. The molecule has 0 bridgehead atoms. The van der Waals surface area contributed by atoms with Crippen molar-refractivity contribution in [1.29, 1.82) is 0 Å².